The van der Waals surface area contributed by atoms with Crippen molar-refractivity contribution < 1.29 is 20.1 Å². The van der Waals surface area contributed by atoms with Gasteiger partial charge in [-0.25, -0.2) is 15.0 Å². The molecule has 142 valence electrons. The van der Waals surface area contributed by atoms with Crippen molar-refractivity contribution in [1.82, 2.24) is 24.5 Å². The van der Waals surface area contributed by atoms with E-state index in [4.69, 9.17) is 15.9 Å². The number of aryl methyl sites for hydroxylation is 1. The summed E-state index contributed by atoms with van der Waals surface area (Å²) in [5, 5.41) is 28.0. The van der Waals surface area contributed by atoms with Gasteiger partial charge in [0.25, 0.3) is 6.01 Å². The maximum atomic E-state index is 11.2. The number of aromatic nitrogens is 5. The molecule has 10 nitrogen and oxygen atoms in total. The van der Waals surface area contributed by atoms with Crippen LogP contribution in [0.1, 0.15) is 17.8 Å². The highest BCUT2D eigenvalue weighted by molar-refractivity contribution is 8.00. The van der Waals surface area contributed by atoms with Crippen molar-refractivity contribution in [2.75, 3.05) is 12.3 Å². The highest BCUT2D eigenvalue weighted by Crippen LogP contribution is 2.26. The summed E-state index contributed by atoms with van der Waals surface area (Å²) in [7, 11) is 0. The number of thioether (sulfide) groups is 1. The Bertz CT molecular complexity index is 975. The highest BCUT2D eigenvalue weighted by Gasteiger charge is 2.19. The quantitative estimate of drug-likeness (QED) is 0.425. The van der Waals surface area contributed by atoms with E-state index in [1.54, 1.807) is 25.3 Å². The maximum Gasteiger partial charge on any atom is 0.317 e. The third-order valence-electron chi connectivity index (χ3n) is 3.78. The molecule has 0 bridgehead atoms. The number of nitrogens with zero attached hydrogens (tertiary/aromatic N) is 5. The molecule has 0 aliphatic rings. The number of carbonyl (C=O) groups is 1. The number of hydrogen-bond donors (Lipinski definition) is 4. The Morgan fingerprint density at radius 1 is 1.33 bits per heavy atom. The lowest BCUT2D eigenvalue weighted by Crippen LogP contribution is -2.17. The van der Waals surface area contributed by atoms with Crippen LogP contribution in [-0.4, -0.2) is 57.6 Å². The van der Waals surface area contributed by atoms with E-state index in [1.807, 2.05) is 0 Å². The van der Waals surface area contributed by atoms with Crippen molar-refractivity contribution in [3.8, 4) is 6.01 Å². The Morgan fingerprint density at radius 3 is 2.74 bits per heavy atom. The minimum absolute atomic E-state index is 0.138. The molecule has 3 rings (SSSR count). The molecule has 0 fully saturated rings. The van der Waals surface area contributed by atoms with E-state index >= 15 is 0 Å². The molecule has 0 aliphatic heterocycles. The largest absolute Gasteiger partial charge is 0.480 e. The van der Waals surface area contributed by atoms with E-state index in [0.29, 0.717) is 22.0 Å². The van der Waals surface area contributed by atoms with E-state index < -0.39 is 11.2 Å². The Balaban J connectivity index is 1.82. The smallest absolute Gasteiger partial charge is 0.317 e. The minimum atomic E-state index is -0.998. The Morgan fingerprint density at radius 2 is 2.11 bits per heavy atom. The fraction of sp³-hybridized carbons (Fsp3) is 0.312. The molecular weight excluding hydrogens is 372 g/mol. The summed E-state index contributed by atoms with van der Waals surface area (Å²) in [6.45, 7) is 1.75. The number of hydrogen-bond acceptors (Lipinski definition) is 9. The number of carboxylic acids is 1. The molecule has 1 atom stereocenters. The predicted molar refractivity (Wildman–Crippen MR) is 98.5 cm³/mol. The Kier molecular flexibility index (Phi) is 5.42. The third-order valence-corrected chi connectivity index (χ3v) is 4.99. The topological polar surface area (TPSA) is 160 Å². The summed E-state index contributed by atoms with van der Waals surface area (Å²) in [5.41, 5.74) is 7.34. The van der Waals surface area contributed by atoms with Gasteiger partial charge in [0.15, 0.2) is 17.0 Å². The van der Waals surface area contributed by atoms with Gasteiger partial charge in [-0.3, -0.25) is 9.36 Å². The lowest BCUT2D eigenvalue weighted by molar-refractivity contribution is -0.136. The van der Waals surface area contributed by atoms with Crippen molar-refractivity contribution in [3.63, 3.8) is 0 Å². The zero-order chi connectivity index (χ0) is 19.6. The molecule has 0 amide bonds. The van der Waals surface area contributed by atoms with E-state index in [0.717, 1.165) is 17.3 Å². The van der Waals surface area contributed by atoms with Crippen LogP contribution >= 0.6 is 11.8 Å². The summed E-state index contributed by atoms with van der Waals surface area (Å²) in [6.07, 6.45) is 1.72. The number of aliphatic hydroxyl groups is 1. The number of fused-ring (bicyclic) bond motifs is 1. The van der Waals surface area contributed by atoms with Crippen LogP contribution in [0.5, 0.6) is 6.01 Å². The molecule has 3 heterocycles. The van der Waals surface area contributed by atoms with Crippen molar-refractivity contribution in [2.45, 2.75) is 30.2 Å². The second-order valence-electron chi connectivity index (χ2n) is 5.79. The lowest BCUT2D eigenvalue weighted by atomic mass is 10.3. The summed E-state index contributed by atoms with van der Waals surface area (Å²) in [6, 6.07) is 3.23. The van der Waals surface area contributed by atoms with Crippen LogP contribution in [0, 0.1) is 6.92 Å². The fourth-order valence-corrected chi connectivity index (χ4v) is 3.40. The summed E-state index contributed by atoms with van der Waals surface area (Å²) in [4.78, 5) is 27.7. The van der Waals surface area contributed by atoms with Gasteiger partial charge in [-0.05, 0) is 25.0 Å². The zero-order valence-electron chi connectivity index (χ0n) is 14.4. The second kappa shape index (κ2) is 7.76. The number of carboxylic acid groups (broad SMARTS) is 1. The third kappa shape index (κ3) is 4.09. The number of nitrogens with two attached hydrogens (primary N) is 1. The van der Waals surface area contributed by atoms with Gasteiger partial charge in [-0.1, -0.05) is 17.8 Å². The number of aromatic hydroxyl groups is 1. The standard InChI is InChI=1S/C16H18N6O4S/c1-8-19-13(17)12-14(20-8)22(16(26)21-12)7-9-2-3-11(18-6-9)27-10(4-5-23)15(24)25/h2-3,6,10,23H,4-5,7H2,1H3,(H,21,26)(H,24,25)(H2,17,19,20). The molecule has 0 spiro atoms. The van der Waals surface area contributed by atoms with Gasteiger partial charge in [0.1, 0.15) is 11.1 Å². The molecule has 0 aromatic carbocycles. The molecule has 1 unspecified atom stereocenters. The summed E-state index contributed by atoms with van der Waals surface area (Å²) < 4.78 is 1.50. The first-order chi connectivity index (χ1) is 12.9. The number of rotatable bonds is 7. The van der Waals surface area contributed by atoms with Crippen LogP contribution in [0.4, 0.5) is 5.82 Å². The number of imidazole rings is 1. The van der Waals surface area contributed by atoms with Gasteiger partial charge < -0.3 is 21.1 Å². The number of nitrogen functional groups attached to an aromatic ring is 1. The molecule has 0 saturated carbocycles. The van der Waals surface area contributed by atoms with Crippen molar-refractivity contribution in [2.24, 2.45) is 0 Å². The zero-order valence-corrected chi connectivity index (χ0v) is 15.2. The van der Waals surface area contributed by atoms with E-state index in [9.17, 15) is 9.90 Å². The molecule has 0 saturated heterocycles. The number of anilines is 1. The van der Waals surface area contributed by atoms with Crippen LogP contribution in [0.2, 0.25) is 0 Å². The lowest BCUT2D eigenvalue weighted by Gasteiger charge is -2.10. The molecule has 0 aliphatic carbocycles. The van der Waals surface area contributed by atoms with Crippen molar-refractivity contribution >= 4 is 34.7 Å². The first kappa shape index (κ1) is 18.9. The predicted octanol–water partition coefficient (Wildman–Crippen LogP) is 0.794. The minimum Gasteiger partial charge on any atom is -0.480 e. The molecule has 3 aromatic rings. The first-order valence-corrected chi connectivity index (χ1v) is 8.91. The van der Waals surface area contributed by atoms with Gasteiger partial charge >= 0.3 is 5.97 Å². The molecule has 11 heteroatoms. The van der Waals surface area contributed by atoms with Crippen molar-refractivity contribution in [1.29, 1.82) is 0 Å². The summed E-state index contributed by atoms with van der Waals surface area (Å²) >= 11 is 1.07. The van der Waals surface area contributed by atoms with Gasteiger partial charge in [-0.2, -0.15) is 4.98 Å². The monoisotopic (exact) mass is 390 g/mol. The van der Waals surface area contributed by atoms with Gasteiger partial charge in [0.2, 0.25) is 0 Å². The second-order valence-corrected chi connectivity index (χ2v) is 7.01. The normalized spacial score (nSPS) is 12.4. The average Bonchev–Trinajstić information content (AvgIpc) is 2.92. The van der Waals surface area contributed by atoms with E-state index in [2.05, 4.69) is 19.9 Å². The van der Waals surface area contributed by atoms with Gasteiger partial charge in [0, 0.05) is 12.8 Å². The Labute approximate surface area is 158 Å². The molecule has 27 heavy (non-hydrogen) atoms. The Hall–Kier alpha value is -2.92. The molecular formula is C16H18N6O4S. The maximum absolute atomic E-state index is 11.2. The van der Waals surface area contributed by atoms with E-state index in [1.165, 1.54) is 4.57 Å². The molecule has 5 N–H and O–H groups in total. The number of aliphatic carboxylic acids is 1. The highest BCUT2D eigenvalue weighted by atomic mass is 32.2. The van der Waals surface area contributed by atoms with Crippen LogP contribution in [-0.2, 0) is 11.3 Å². The van der Waals surface area contributed by atoms with Crippen LogP contribution in [0.15, 0.2) is 23.4 Å². The number of aliphatic hydroxyl groups excluding tert-OH is 1. The van der Waals surface area contributed by atoms with Crippen molar-refractivity contribution in [3.05, 3.63) is 29.7 Å². The van der Waals surface area contributed by atoms with Crippen LogP contribution in [0.25, 0.3) is 11.2 Å². The SMILES string of the molecule is Cc1nc(N)c2nc(O)n(Cc3ccc(SC(CCO)C(=O)O)nc3)c2n1. The summed E-state index contributed by atoms with van der Waals surface area (Å²) in [5.74, 6) is -0.336. The first-order valence-electron chi connectivity index (χ1n) is 8.03. The number of pyridine rings is 1. The fourth-order valence-electron chi connectivity index (χ4n) is 2.52. The van der Waals surface area contributed by atoms with Gasteiger partial charge in [0.05, 0.1) is 11.6 Å². The van der Waals surface area contributed by atoms with Crippen LogP contribution < -0.4 is 5.73 Å². The van der Waals surface area contributed by atoms with E-state index in [-0.39, 0.29) is 31.4 Å². The molecule has 3 aromatic heterocycles. The average molecular weight is 390 g/mol. The van der Waals surface area contributed by atoms with Gasteiger partial charge in [-0.15, -0.1) is 0 Å². The van der Waals surface area contributed by atoms with Crippen LogP contribution in [0.3, 0.4) is 0 Å². The molecule has 0 radical (unpaired) electrons.